The summed E-state index contributed by atoms with van der Waals surface area (Å²) in [6, 6.07) is 3.94. The van der Waals surface area contributed by atoms with E-state index in [-0.39, 0.29) is 17.2 Å². The molecule has 4 heterocycles. The number of hydrogen-bond acceptors (Lipinski definition) is 4. The van der Waals surface area contributed by atoms with E-state index in [1.807, 2.05) is 45.7 Å². The van der Waals surface area contributed by atoms with Crippen LogP contribution in [0.15, 0.2) is 24.5 Å². The van der Waals surface area contributed by atoms with E-state index in [2.05, 4.69) is 4.98 Å². The minimum atomic E-state index is -0.000622. The van der Waals surface area contributed by atoms with Gasteiger partial charge in [-0.05, 0) is 43.2 Å². The number of aromatic nitrogens is 2. The van der Waals surface area contributed by atoms with Gasteiger partial charge in [0.15, 0.2) is 0 Å². The number of hydrogen-bond donors (Lipinski definition) is 0. The van der Waals surface area contributed by atoms with Crippen molar-refractivity contribution in [1.82, 2.24) is 19.2 Å². The van der Waals surface area contributed by atoms with Crippen molar-refractivity contribution in [2.24, 2.45) is 5.41 Å². The van der Waals surface area contributed by atoms with Crippen LogP contribution in [0.4, 0.5) is 0 Å². The third-order valence-corrected chi connectivity index (χ3v) is 6.24. The molecular weight excluding hydrogens is 356 g/mol. The molecule has 0 atom stereocenters. The second-order valence-electron chi connectivity index (χ2n) is 8.20. The number of likely N-dealkylation sites (tertiary alicyclic amines) is 2. The first-order valence-electron chi connectivity index (χ1n) is 10.0. The molecule has 2 amide bonds. The zero-order valence-electron chi connectivity index (χ0n) is 16.7. The number of carbonyl (C=O) groups excluding carboxylic acids is 2. The van der Waals surface area contributed by atoms with Gasteiger partial charge in [0.2, 0.25) is 5.91 Å². The Kier molecular flexibility index (Phi) is 5.10. The van der Waals surface area contributed by atoms with Crippen LogP contribution in [0.1, 0.15) is 41.7 Å². The van der Waals surface area contributed by atoms with Crippen LogP contribution in [0.25, 0.3) is 5.65 Å². The number of carbonyl (C=O) groups is 2. The van der Waals surface area contributed by atoms with E-state index in [1.165, 1.54) is 0 Å². The van der Waals surface area contributed by atoms with Gasteiger partial charge >= 0.3 is 0 Å². The van der Waals surface area contributed by atoms with Gasteiger partial charge in [0, 0.05) is 52.1 Å². The predicted octanol–water partition coefficient (Wildman–Crippen LogP) is 2.13. The molecule has 2 aliphatic rings. The molecule has 0 aliphatic carbocycles. The lowest BCUT2D eigenvalue weighted by molar-refractivity contribution is -0.139. The number of nitrogens with zero attached hydrogens (tertiary/aromatic N) is 4. The number of methoxy groups -OCH3 is 1. The summed E-state index contributed by atoms with van der Waals surface area (Å²) in [6.45, 7) is 5.47. The molecule has 7 heteroatoms. The summed E-state index contributed by atoms with van der Waals surface area (Å²) in [5.41, 5.74) is 2.56. The van der Waals surface area contributed by atoms with E-state index in [4.69, 9.17) is 4.74 Å². The Balaban J connectivity index is 1.41. The quantitative estimate of drug-likeness (QED) is 0.810. The molecule has 4 rings (SSSR count). The fourth-order valence-electron chi connectivity index (χ4n) is 4.47. The number of amides is 2. The van der Waals surface area contributed by atoms with Gasteiger partial charge in [0.1, 0.15) is 11.3 Å². The number of aryl methyl sites for hydroxylation is 1. The Hall–Kier alpha value is -2.41. The van der Waals surface area contributed by atoms with Gasteiger partial charge in [-0.3, -0.25) is 9.59 Å². The van der Waals surface area contributed by atoms with E-state index in [9.17, 15) is 9.59 Å². The summed E-state index contributed by atoms with van der Waals surface area (Å²) in [7, 11) is 1.66. The molecular formula is C21H28N4O3. The lowest BCUT2D eigenvalue weighted by Gasteiger charge is -2.47. The average Bonchev–Trinajstić information content (AvgIpc) is 3.12. The largest absolute Gasteiger partial charge is 0.383 e. The molecule has 2 aromatic heterocycles. The van der Waals surface area contributed by atoms with E-state index in [0.29, 0.717) is 25.3 Å². The van der Waals surface area contributed by atoms with Crippen LogP contribution in [0.3, 0.4) is 0 Å². The van der Waals surface area contributed by atoms with E-state index in [0.717, 1.165) is 50.1 Å². The van der Waals surface area contributed by atoms with Gasteiger partial charge in [-0.1, -0.05) is 6.07 Å². The average molecular weight is 384 g/mol. The summed E-state index contributed by atoms with van der Waals surface area (Å²) < 4.78 is 7.05. The van der Waals surface area contributed by atoms with Crippen LogP contribution >= 0.6 is 0 Å². The Morgan fingerprint density at radius 1 is 1.21 bits per heavy atom. The summed E-state index contributed by atoms with van der Waals surface area (Å²) in [4.78, 5) is 33.5. The lowest BCUT2D eigenvalue weighted by Crippen LogP contribution is -2.53. The molecule has 0 N–H and O–H groups in total. The molecule has 0 bridgehead atoms. The molecule has 2 aromatic rings. The molecule has 2 fully saturated rings. The Bertz CT molecular complexity index is 883. The molecule has 0 radical (unpaired) electrons. The van der Waals surface area contributed by atoms with E-state index >= 15 is 0 Å². The zero-order valence-corrected chi connectivity index (χ0v) is 16.7. The van der Waals surface area contributed by atoms with Crippen molar-refractivity contribution in [3.8, 4) is 0 Å². The smallest absolute Gasteiger partial charge is 0.274 e. The highest BCUT2D eigenvalue weighted by molar-refractivity contribution is 5.93. The minimum Gasteiger partial charge on any atom is -0.383 e. The Morgan fingerprint density at radius 2 is 2.00 bits per heavy atom. The molecule has 150 valence electrons. The zero-order chi connectivity index (χ0) is 19.7. The molecule has 28 heavy (non-hydrogen) atoms. The third kappa shape index (κ3) is 3.63. The van der Waals surface area contributed by atoms with Crippen LogP contribution in [0, 0.1) is 12.3 Å². The second kappa shape index (κ2) is 7.54. The number of fused-ring (bicyclic) bond motifs is 1. The first-order valence-corrected chi connectivity index (χ1v) is 10.0. The van der Waals surface area contributed by atoms with Gasteiger partial charge in [-0.2, -0.15) is 0 Å². The van der Waals surface area contributed by atoms with Crippen molar-refractivity contribution in [2.75, 3.05) is 39.9 Å². The molecule has 0 aromatic carbocycles. The number of piperidine rings is 2. The SMILES string of the molecule is COCCN1CC2(CCC1=O)CCN(C(=O)c1cn3cc(C)ccc3n1)CC2. The third-order valence-electron chi connectivity index (χ3n) is 6.24. The fourth-order valence-corrected chi connectivity index (χ4v) is 4.47. The number of rotatable bonds is 4. The molecule has 0 saturated carbocycles. The van der Waals surface area contributed by atoms with Crippen LogP contribution in [-0.2, 0) is 9.53 Å². The first kappa shape index (κ1) is 18.9. The second-order valence-corrected chi connectivity index (χ2v) is 8.20. The summed E-state index contributed by atoms with van der Waals surface area (Å²) >= 11 is 0. The van der Waals surface area contributed by atoms with Crippen molar-refractivity contribution in [3.63, 3.8) is 0 Å². The van der Waals surface area contributed by atoms with E-state index in [1.54, 1.807) is 7.11 Å². The summed E-state index contributed by atoms with van der Waals surface area (Å²) in [5, 5.41) is 0. The Labute approximate surface area is 165 Å². The number of imidazole rings is 1. The number of pyridine rings is 1. The highest BCUT2D eigenvalue weighted by Gasteiger charge is 2.41. The minimum absolute atomic E-state index is 0.000622. The van der Waals surface area contributed by atoms with Gasteiger partial charge < -0.3 is 18.9 Å². The Morgan fingerprint density at radius 3 is 2.75 bits per heavy atom. The highest BCUT2D eigenvalue weighted by atomic mass is 16.5. The molecule has 2 saturated heterocycles. The van der Waals surface area contributed by atoms with Crippen molar-refractivity contribution >= 4 is 17.5 Å². The molecule has 2 aliphatic heterocycles. The van der Waals surface area contributed by atoms with Crippen LogP contribution in [-0.4, -0.2) is 70.9 Å². The molecule has 1 spiro atoms. The summed E-state index contributed by atoms with van der Waals surface area (Å²) in [6.07, 6.45) is 7.19. The van der Waals surface area contributed by atoms with Gasteiger partial charge in [0.25, 0.3) is 5.91 Å². The van der Waals surface area contributed by atoms with E-state index < -0.39 is 0 Å². The maximum absolute atomic E-state index is 13.0. The first-order chi connectivity index (χ1) is 13.5. The highest BCUT2D eigenvalue weighted by Crippen LogP contribution is 2.40. The maximum Gasteiger partial charge on any atom is 0.274 e. The molecule has 7 nitrogen and oxygen atoms in total. The van der Waals surface area contributed by atoms with Crippen LogP contribution in [0.2, 0.25) is 0 Å². The fraction of sp³-hybridized carbons (Fsp3) is 0.571. The van der Waals surface area contributed by atoms with Crippen molar-refractivity contribution < 1.29 is 14.3 Å². The van der Waals surface area contributed by atoms with Crippen LogP contribution < -0.4 is 0 Å². The maximum atomic E-state index is 13.0. The lowest BCUT2D eigenvalue weighted by atomic mass is 9.72. The topological polar surface area (TPSA) is 67.2 Å². The predicted molar refractivity (Wildman–Crippen MR) is 105 cm³/mol. The monoisotopic (exact) mass is 384 g/mol. The number of ether oxygens (including phenoxy) is 1. The van der Waals surface area contributed by atoms with Crippen LogP contribution in [0.5, 0.6) is 0 Å². The van der Waals surface area contributed by atoms with Gasteiger partial charge in [0.05, 0.1) is 6.61 Å². The van der Waals surface area contributed by atoms with Gasteiger partial charge in [-0.15, -0.1) is 0 Å². The van der Waals surface area contributed by atoms with Gasteiger partial charge in [-0.25, -0.2) is 4.98 Å². The standard InChI is InChI=1S/C21H28N4O3/c1-16-3-4-18-22-17(14-25(18)13-16)20(27)23-9-7-21(8-10-23)6-5-19(26)24(15-21)11-12-28-2/h3-4,13-14H,5-12,15H2,1-2H3. The molecule has 0 unspecified atom stereocenters. The normalized spacial score (nSPS) is 19.6. The summed E-state index contributed by atoms with van der Waals surface area (Å²) in [5.74, 6) is 0.223. The van der Waals surface area contributed by atoms with Crippen molar-refractivity contribution in [3.05, 3.63) is 35.8 Å². The van der Waals surface area contributed by atoms with Crippen molar-refractivity contribution in [1.29, 1.82) is 0 Å². The van der Waals surface area contributed by atoms with Crippen molar-refractivity contribution in [2.45, 2.75) is 32.6 Å².